The van der Waals surface area contributed by atoms with Gasteiger partial charge in [-0.15, -0.1) is 0 Å². The van der Waals surface area contributed by atoms with Crippen molar-refractivity contribution in [2.24, 2.45) is 0 Å². The summed E-state index contributed by atoms with van der Waals surface area (Å²) < 4.78 is 30.3. The summed E-state index contributed by atoms with van der Waals surface area (Å²) in [7, 11) is 0. The van der Waals surface area contributed by atoms with E-state index in [2.05, 4.69) is 11.9 Å². The molecule has 0 spiro atoms. The minimum Gasteiger partial charge on any atom is -0.478 e. The van der Waals surface area contributed by atoms with Crippen LogP contribution in [0, 0.1) is 18.6 Å². The van der Waals surface area contributed by atoms with E-state index in [-0.39, 0.29) is 35.0 Å². The molecular weight excluding hydrogens is 328 g/mol. The standard InChI is InChI=1S/C18H21F2N3O2/c1-4-22-9-12(18(24)25)7-13-11(3)14(19)17(15(20)16(13)22)23-6-5-21-10(2)8-23/h4,9-10,21H,1,5-8H2,2-3H3,(H,24,25). The molecule has 0 radical (unpaired) electrons. The van der Waals surface area contributed by atoms with Crippen LogP contribution in [0.4, 0.5) is 20.2 Å². The second-order valence-electron chi connectivity index (χ2n) is 6.46. The molecule has 0 amide bonds. The van der Waals surface area contributed by atoms with E-state index in [4.69, 9.17) is 0 Å². The zero-order chi connectivity index (χ0) is 18.3. The Bertz CT molecular complexity index is 776. The number of hydrogen-bond acceptors (Lipinski definition) is 4. The van der Waals surface area contributed by atoms with Crippen LogP contribution < -0.4 is 15.1 Å². The molecule has 0 aliphatic carbocycles. The van der Waals surface area contributed by atoms with Gasteiger partial charge in [0.15, 0.2) is 11.6 Å². The van der Waals surface area contributed by atoms with Crippen LogP contribution in [-0.4, -0.2) is 36.8 Å². The Hall–Kier alpha value is -2.41. The number of halogens is 2. The van der Waals surface area contributed by atoms with Crippen LogP contribution >= 0.6 is 0 Å². The number of rotatable bonds is 3. The van der Waals surface area contributed by atoms with E-state index >= 15 is 8.78 Å². The molecule has 2 N–H and O–H groups in total. The third-order valence-corrected chi connectivity index (χ3v) is 4.77. The van der Waals surface area contributed by atoms with Crippen LogP contribution in [0.3, 0.4) is 0 Å². The second kappa shape index (κ2) is 6.48. The highest BCUT2D eigenvalue weighted by Gasteiger charge is 2.32. The number of anilines is 2. The summed E-state index contributed by atoms with van der Waals surface area (Å²) in [5.74, 6) is -2.41. The molecule has 2 heterocycles. The normalized spacial score (nSPS) is 20.2. The van der Waals surface area contributed by atoms with Crippen molar-refractivity contribution in [1.29, 1.82) is 0 Å². The number of aliphatic carboxylic acids is 1. The zero-order valence-electron chi connectivity index (χ0n) is 14.3. The van der Waals surface area contributed by atoms with Crippen LogP contribution in [-0.2, 0) is 11.2 Å². The van der Waals surface area contributed by atoms with Gasteiger partial charge >= 0.3 is 5.97 Å². The van der Waals surface area contributed by atoms with Crippen molar-refractivity contribution >= 4 is 17.3 Å². The predicted molar refractivity (Wildman–Crippen MR) is 92.9 cm³/mol. The molecule has 1 saturated heterocycles. The molecule has 134 valence electrons. The van der Waals surface area contributed by atoms with E-state index in [1.165, 1.54) is 17.3 Å². The third kappa shape index (κ3) is 2.89. The summed E-state index contributed by atoms with van der Waals surface area (Å²) in [6.07, 6.45) is 2.65. The number of carbonyl (C=O) groups is 1. The molecular formula is C18H21F2N3O2. The van der Waals surface area contributed by atoms with E-state index in [1.54, 1.807) is 11.8 Å². The molecule has 2 aliphatic heterocycles. The van der Waals surface area contributed by atoms with Crippen molar-refractivity contribution < 1.29 is 18.7 Å². The minimum atomic E-state index is -1.11. The number of carboxylic acid groups (broad SMARTS) is 1. The summed E-state index contributed by atoms with van der Waals surface area (Å²) >= 11 is 0. The van der Waals surface area contributed by atoms with E-state index < -0.39 is 17.6 Å². The highest BCUT2D eigenvalue weighted by molar-refractivity contribution is 5.90. The molecule has 0 saturated carbocycles. The van der Waals surface area contributed by atoms with E-state index in [0.717, 1.165) is 0 Å². The summed E-state index contributed by atoms with van der Waals surface area (Å²) in [6, 6.07) is 0.123. The van der Waals surface area contributed by atoms with Crippen LogP contribution in [0.5, 0.6) is 0 Å². The highest BCUT2D eigenvalue weighted by atomic mass is 19.1. The Morgan fingerprint density at radius 3 is 2.72 bits per heavy atom. The quantitative estimate of drug-likeness (QED) is 0.878. The van der Waals surface area contributed by atoms with Gasteiger partial charge in [0, 0.05) is 44.5 Å². The molecule has 1 unspecified atom stereocenters. The second-order valence-corrected chi connectivity index (χ2v) is 6.46. The maximum atomic E-state index is 15.3. The van der Waals surface area contributed by atoms with Gasteiger partial charge in [0.25, 0.3) is 0 Å². The molecule has 1 aromatic rings. The van der Waals surface area contributed by atoms with Gasteiger partial charge in [-0.25, -0.2) is 13.6 Å². The highest BCUT2D eigenvalue weighted by Crippen LogP contribution is 2.41. The van der Waals surface area contributed by atoms with Crippen molar-refractivity contribution in [2.75, 3.05) is 29.4 Å². The van der Waals surface area contributed by atoms with Crippen molar-refractivity contribution in [1.82, 2.24) is 5.32 Å². The number of nitrogens with zero attached hydrogens (tertiary/aromatic N) is 2. The van der Waals surface area contributed by atoms with Crippen molar-refractivity contribution in [2.45, 2.75) is 26.3 Å². The minimum absolute atomic E-state index is 0.0209. The lowest BCUT2D eigenvalue weighted by atomic mass is 9.93. The molecule has 1 atom stereocenters. The number of benzene rings is 1. The van der Waals surface area contributed by atoms with Gasteiger partial charge in [0.2, 0.25) is 0 Å². The molecule has 5 nitrogen and oxygen atoms in total. The fourth-order valence-corrected chi connectivity index (χ4v) is 3.47. The lowest BCUT2D eigenvalue weighted by Gasteiger charge is -2.36. The number of piperazine rings is 1. The fraction of sp³-hybridized carbons (Fsp3) is 0.389. The van der Waals surface area contributed by atoms with Crippen molar-refractivity contribution in [3.8, 4) is 0 Å². The number of hydrogen-bond donors (Lipinski definition) is 2. The molecule has 25 heavy (non-hydrogen) atoms. The number of nitrogens with one attached hydrogen (secondary N) is 1. The van der Waals surface area contributed by atoms with Gasteiger partial charge in [-0.1, -0.05) is 6.58 Å². The topological polar surface area (TPSA) is 55.8 Å². The monoisotopic (exact) mass is 349 g/mol. The molecule has 2 aliphatic rings. The summed E-state index contributed by atoms with van der Waals surface area (Å²) in [5.41, 5.74) is 0.819. The Morgan fingerprint density at radius 1 is 1.40 bits per heavy atom. The first-order chi connectivity index (χ1) is 11.8. The van der Waals surface area contributed by atoms with Crippen LogP contribution in [0.25, 0.3) is 0 Å². The van der Waals surface area contributed by atoms with Crippen molar-refractivity contribution in [3.05, 3.63) is 47.3 Å². The molecule has 0 aromatic heterocycles. The van der Waals surface area contributed by atoms with E-state index in [1.807, 2.05) is 6.92 Å². The first-order valence-corrected chi connectivity index (χ1v) is 8.18. The fourth-order valence-electron chi connectivity index (χ4n) is 3.47. The third-order valence-electron chi connectivity index (χ3n) is 4.77. The maximum Gasteiger partial charge on any atom is 0.333 e. The molecule has 7 heteroatoms. The number of fused-ring (bicyclic) bond motifs is 1. The molecule has 1 aromatic carbocycles. The number of carboxylic acids is 1. The Labute approximate surface area is 145 Å². The Morgan fingerprint density at radius 2 is 2.12 bits per heavy atom. The lowest BCUT2D eigenvalue weighted by Crippen LogP contribution is -2.50. The van der Waals surface area contributed by atoms with Crippen LogP contribution in [0.1, 0.15) is 18.1 Å². The largest absolute Gasteiger partial charge is 0.478 e. The summed E-state index contributed by atoms with van der Waals surface area (Å²) in [4.78, 5) is 14.4. The van der Waals surface area contributed by atoms with Crippen LogP contribution in [0.15, 0.2) is 24.6 Å². The van der Waals surface area contributed by atoms with Gasteiger partial charge in [-0.3, -0.25) is 0 Å². The molecule has 1 fully saturated rings. The van der Waals surface area contributed by atoms with Gasteiger partial charge in [-0.05, 0) is 25.0 Å². The smallest absolute Gasteiger partial charge is 0.333 e. The summed E-state index contributed by atoms with van der Waals surface area (Å²) in [6.45, 7) is 8.80. The first kappa shape index (κ1) is 17.4. The van der Waals surface area contributed by atoms with E-state index in [9.17, 15) is 9.90 Å². The summed E-state index contributed by atoms with van der Waals surface area (Å²) in [5, 5.41) is 12.5. The van der Waals surface area contributed by atoms with Gasteiger partial charge in [-0.2, -0.15) is 0 Å². The average molecular weight is 349 g/mol. The lowest BCUT2D eigenvalue weighted by molar-refractivity contribution is -0.132. The van der Waals surface area contributed by atoms with Gasteiger partial charge in [0.05, 0.1) is 11.3 Å². The zero-order valence-corrected chi connectivity index (χ0v) is 14.3. The maximum absolute atomic E-state index is 15.3. The SMILES string of the molecule is C=CN1C=C(C(=O)O)Cc2c(C)c(F)c(N3CCNC(C)C3)c(F)c21. The van der Waals surface area contributed by atoms with Gasteiger partial charge < -0.3 is 20.2 Å². The van der Waals surface area contributed by atoms with Crippen molar-refractivity contribution in [3.63, 3.8) is 0 Å². The Balaban J connectivity index is 2.17. The van der Waals surface area contributed by atoms with E-state index in [0.29, 0.717) is 25.2 Å². The molecule has 0 bridgehead atoms. The Kier molecular flexibility index (Phi) is 4.51. The average Bonchev–Trinajstić information content (AvgIpc) is 2.58. The predicted octanol–water partition coefficient (Wildman–Crippen LogP) is 2.55. The molecule has 3 rings (SSSR count). The van der Waals surface area contributed by atoms with Gasteiger partial charge in [0.1, 0.15) is 5.69 Å². The van der Waals surface area contributed by atoms with Crippen LogP contribution in [0.2, 0.25) is 0 Å². The first-order valence-electron chi connectivity index (χ1n) is 8.18.